The summed E-state index contributed by atoms with van der Waals surface area (Å²) in [6, 6.07) is 6.36. The molecule has 2 N–H and O–H groups in total. The van der Waals surface area contributed by atoms with Crippen molar-refractivity contribution in [2.24, 2.45) is 0 Å². The number of hydrogen-bond acceptors (Lipinski definition) is 4. The molecule has 0 unspecified atom stereocenters. The Bertz CT molecular complexity index is 679. The Labute approximate surface area is 129 Å². The van der Waals surface area contributed by atoms with Gasteiger partial charge in [-0.3, -0.25) is 4.79 Å². The van der Waals surface area contributed by atoms with Gasteiger partial charge in [-0.2, -0.15) is 0 Å². The molecule has 7 heteroatoms. The zero-order valence-electron chi connectivity index (χ0n) is 11.4. The number of nitrogens with one attached hydrogen (secondary N) is 2. The minimum absolute atomic E-state index is 0.0264. The lowest BCUT2D eigenvalue weighted by Gasteiger charge is -2.10. The van der Waals surface area contributed by atoms with Crippen molar-refractivity contribution >= 4 is 33.3 Å². The van der Waals surface area contributed by atoms with Gasteiger partial charge in [0.15, 0.2) is 11.6 Å². The Hall–Kier alpha value is -2.15. The standard InChI is InChI=1S/C14H13BrFN3O2/c1-17-13-12(16)9(5-6-18-13)14(20)19-8-3-4-11(21-2)10(15)7-8/h3-7H,1-2H3,(H,17,18)(H,19,20). The Balaban J connectivity index is 2.24. The van der Waals surface area contributed by atoms with E-state index in [-0.39, 0.29) is 11.4 Å². The number of rotatable bonds is 4. The summed E-state index contributed by atoms with van der Waals surface area (Å²) in [6.45, 7) is 0. The maximum atomic E-state index is 14.0. The van der Waals surface area contributed by atoms with Gasteiger partial charge in [0.1, 0.15) is 5.75 Å². The van der Waals surface area contributed by atoms with Crippen LogP contribution in [0.15, 0.2) is 34.9 Å². The molecule has 1 aromatic heterocycles. The van der Waals surface area contributed by atoms with Gasteiger partial charge >= 0.3 is 0 Å². The number of benzene rings is 1. The third kappa shape index (κ3) is 3.30. The Morgan fingerprint density at radius 2 is 2.14 bits per heavy atom. The van der Waals surface area contributed by atoms with E-state index in [9.17, 15) is 9.18 Å². The Morgan fingerprint density at radius 1 is 1.38 bits per heavy atom. The van der Waals surface area contributed by atoms with Crippen LogP contribution in [0.3, 0.4) is 0 Å². The second kappa shape index (κ2) is 6.53. The molecule has 0 fully saturated rings. The van der Waals surface area contributed by atoms with Crippen molar-refractivity contribution < 1.29 is 13.9 Å². The van der Waals surface area contributed by atoms with E-state index in [4.69, 9.17) is 4.74 Å². The van der Waals surface area contributed by atoms with E-state index in [1.165, 1.54) is 19.3 Å². The molecular formula is C14H13BrFN3O2. The fraction of sp³-hybridized carbons (Fsp3) is 0.143. The highest BCUT2D eigenvalue weighted by atomic mass is 79.9. The van der Waals surface area contributed by atoms with Crippen molar-refractivity contribution in [2.45, 2.75) is 0 Å². The summed E-state index contributed by atoms with van der Waals surface area (Å²) in [4.78, 5) is 15.9. The number of pyridine rings is 1. The van der Waals surface area contributed by atoms with Crippen molar-refractivity contribution in [3.05, 3.63) is 46.3 Å². The molecule has 1 heterocycles. The molecule has 0 aliphatic heterocycles. The predicted octanol–water partition coefficient (Wildman–Crippen LogP) is 3.29. The second-order valence-corrected chi connectivity index (χ2v) is 4.93. The number of amides is 1. The van der Waals surface area contributed by atoms with E-state index >= 15 is 0 Å². The topological polar surface area (TPSA) is 63.2 Å². The van der Waals surface area contributed by atoms with Crippen LogP contribution < -0.4 is 15.4 Å². The van der Waals surface area contributed by atoms with Crippen LogP contribution in [0.1, 0.15) is 10.4 Å². The van der Waals surface area contributed by atoms with Crippen LogP contribution in [0.4, 0.5) is 15.9 Å². The SMILES string of the molecule is CNc1nccc(C(=O)Nc2ccc(OC)c(Br)c2)c1F. The van der Waals surface area contributed by atoms with Gasteiger partial charge in [-0.1, -0.05) is 0 Å². The molecular weight excluding hydrogens is 341 g/mol. The van der Waals surface area contributed by atoms with E-state index < -0.39 is 11.7 Å². The number of ether oxygens (including phenoxy) is 1. The highest BCUT2D eigenvalue weighted by Crippen LogP contribution is 2.28. The van der Waals surface area contributed by atoms with Gasteiger partial charge in [-0.15, -0.1) is 0 Å². The van der Waals surface area contributed by atoms with Gasteiger partial charge in [0, 0.05) is 18.9 Å². The van der Waals surface area contributed by atoms with Gasteiger partial charge in [0.2, 0.25) is 0 Å². The fourth-order valence-corrected chi connectivity index (χ4v) is 2.28. The highest BCUT2D eigenvalue weighted by Gasteiger charge is 2.16. The third-order valence-corrected chi connectivity index (χ3v) is 3.40. The molecule has 0 saturated heterocycles. The molecule has 0 bridgehead atoms. The lowest BCUT2D eigenvalue weighted by molar-refractivity contribution is 0.102. The monoisotopic (exact) mass is 353 g/mol. The molecule has 1 amide bonds. The molecule has 21 heavy (non-hydrogen) atoms. The summed E-state index contributed by atoms with van der Waals surface area (Å²) in [5, 5.41) is 5.21. The molecule has 0 spiro atoms. The number of anilines is 2. The van der Waals surface area contributed by atoms with Crippen molar-refractivity contribution in [1.29, 1.82) is 0 Å². The van der Waals surface area contributed by atoms with E-state index in [2.05, 4.69) is 31.5 Å². The van der Waals surface area contributed by atoms with E-state index in [0.717, 1.165) is 0 Å². The van der Waals surface area contributed by atoms with Gasteiger partial charge in [-0.25, -0.2) is 9.37 Å². The normalized spacial score (nSPS) is 10.1. The van der Waals surface area contributed by atoms with Crippen LogP contribution in [0.25, 0.3) is 0 Å². The quantitative estimate of drug-likeness (QED) is 0.885. The van der Waals surface area contributed by atoms with Crippen LogP contribution in [0.2, 0.25) is 0 Å². The van der Waals surface area contributed by atoms with Crippen LogP contribution in [-0.2, 0) is 0 Å². The average Bonchev–Trinajstić information content (AvgIpc) is 2.47. The van der Waals surface area contributed by atoms with Crippen molar-refractivity contribution in [1.82, 2.24) is 4.98 Å². The number of carbonyl (C=O) groups excluding carboxylic acids is 1. The average molecular weight is 354 g/mol. The maximum absolute atomic E-state index is 14.0. The van der Waals surface area contributed by atoms with E-state index in [0.29, 0.717) is 15.9 Å². The molecule has 0 atom stereocenters. The maximum Gasteiger partial charge on any atom is 0.258 e. The zero-order chi connectivity index (χ0) is 15.4. The molecule has 1 aromatic carbocycles. The van der Waals surface area contributed by atoms with Crippen LogP contribution in [0, 0.1) is 5.82 Å². The molecule has 0 radical (unpaired) electrons. The van der Waals surface area contributed by atoms with Gasteiger partial charge < -0.3 is 15.4 Å². The van der Waals surface area contributed by atoms with Crippen LogP contribution in [0.5, 0.6) is 5.75 Å². The zero-order valence-corrected chi connectivity index (χ0v) is 13.0. The third-order valence-electron chi connectivity index (χ3n) is 2.78. The van der Waals surface area contributed by atoms with Crippen molar-refractivity contribution in [3.8, 4) is 5.75 Å². The highest BCUT2D eigenvalue weighted by molar-refractivity contribution is 9.10. The fourth-order valence-electron chi connectivity index (χ4n) is 1.74. The summed E-state index contributed by atoms with van der Waals surface area (Å²) < 4.78 is 19.8. The summed E-state index contributed by atoms with van der Waals surface area (Å²) in [5.41, 5.74) is 0.441. The van der Waals surface area contributed by atoms with Gasteiger partial charge in [-0.05, 0) is 40.2 Å². The molecule has 5 nitrogen and oxygen atoms in total. The first-order valence-electron chi connectivity index (χ1n) is 6.04. The first-order valence-corrected chi connectivity index (χ1v) is 6.83. The van der Waals surface area contributed by atoms with Crippen molar-refractivity contribution in [3.63, 3.8) is 0 Å². The smallest absolute Gasteiger partial charge is 0.258 e. The first-order chi connectivity index (χ1) is 10.1. The minimum Gasteiger partial charge on any atom is -0.496 e. The summed E-state index contributed by atoms with van der Waals surface area (Å²) in [7, 11) is 3.08. The molecule has 110 valence electrons. The molecule has 0 aliphatic carbocycles. The van der Waals surface area contributed by atoms with Crippen LogP contribution >= 0.6 is 15.9 Å². The summed E-state index contributed by atoms with van der Waals surface area (Å²) in [6.07, 6.45) is 1.37. The lowest BCUT2D eigenvalue weighted by atomic mass is 10.2. The largest absolute Gasteiger partial charge is 0.496 e. The van der Waals surface area contributed by atoms with E-state index in [1.807, 2.05) is 0 Å². The van der Waals surface area contributed by atoms with Crippen molar-refractivity contribution in [2.75, 3.05) is 24.8 Å². The summed E-state index contributed by atoms with van der Waals surface area (Å²) in [5.74, 6) is -0.576. The second-order valence-electron chi connectivity index (χ2n) is 4.07. The lowest BCUT2D eigenvalue weighted by Crippen LogP contribution is -2.15. The predicted molar refractivity (Wildman–Crippen MR) is 82.4 cm³/mol. The molecule has 2 rings (SSSR count). The number of carbonyl (C=O) groups is 1. The Morgan fingerprint density at radius 3 is 2.76 bits per heavy atom. The number of aromatic nitrogens is 1. The van der Waals surface area contributed by atoms with Gasteiger partial charge in [0.05, 0.1) is 17.1 Å². The molecule has 2 aromatic rings. The number of nitrogens with zero attached hydrogens (tertiary/aromatic N) is 1. The molecule has 0 aliphatic rings. The van der Waals surface area contributed by atoms with E-state index in [1.54, 1.807) is 25.3 Å². The minimum atomic E-state index is -0.690. The number of hydrogen-bond donors (Lipinski definition) is 2. The Kier molecular flexibility index (Phi) is 4.74. The summed E-state index contributed by atoms with van der Waals surface area (Å²) >= 11 is 3.32. The number of methoxy groups -OCH3 is 1. The van der Waals surface area contributed by atoms with Gasteiger partial charge in [0.25, 0.3) is 5.91 Å². The van der Waals surface area contributed by atoms with Crippen LogP contribution in [-0.4, -0.2) is 25.0 Å². The molecule has 0 saturated carbocycles. The first kappa shape index (κ1) is 15.2. The number of halogens is 2.